The van der Waals surface area contributed by atoms with Gasteiger partial charge in [0, 0.05) is 0 Å². The molecule has 0 aliphatic rings. The van der Waals surface area contributed by atoms with Gasteiger partial charge in [0.1, 0.15) is 0 Å². The normalized spacial score (nSPS) is 13.7. The molecule has 0 saturated carbocycles. The molecule has 0 spiro atoms. The number of rotatable bonds is 9. The number of aliphatic hydroxyl groups excluding tert-OH is 1. The van der Waals surface area contributed by atoms with Crippen molar-refractivity contribution in [2.75, 3.05) is 13.2 Å². The van der Waals surface area contributed by atoms with E-state index in [2.05, 4.69) is 0 Å². The van der Waals surface area contributed by atoms with Crippen LogP contribution in [0, 0.1) is 0 Å². The lowest BCUT2D eigenvalue weighted by molar-refractivity contribution is 0.00803. The van der Waals surface area contributed by atoms with Gasteiger partial charge in [0.25, 0.3) is 0 Å². The van der Waals surface area contributed by atoms with Gasteiger partial charge in [-0.3, -0.25) is 0 Å². The second kappa shape index (κ2) is 9.59. The van der Waals surface area contributed by atoms with Gasteiger partial charge in [0.2, 0.25) is 0 Å². The van der Waals surface area contributed by atoms with E-state index in [-0.39, 0.29) is 13.2 Å². The zero-order valence-corrected chi connectivity index (χ0v) is 13.2. The molecular weight excluding hydrogens is 300 g/mol. The maximum Gasteiger partial charge on any atom is 0.0959 e. The molecule has 2 atom stereocenters. The molecule has 3 nitrogen and oxygen atoms in total. The van der Waals surface area contributed by atoms with Crippen molar-refractivity contribution < 1.29 is 14.6 Å². The summed E-state index contributed by atoms with van der Waals surface area (Å²) in [5.41, 5.74) is 2.15. The number of halogens is 1. The minimum absolute atomic E-state index is 0.192. The summed E-state index contributed by atoms with van der Waals surface area (Å²) in [5.74, 6) is 0. The van der Waals surface area contributed by atoms with E-state index < -0.39 is 11.5 Å². The first-order chi connectivity index (χ1) is 10.8. The van der Waals surface area contributed by atoms with Crippen molar-refractivity contribution in [2.45, 2.75) is 24.7 Å². The third kappa shape index (κ3) is 6.16. The standard InChI is InChI=1S/C18H21ClO3/c19-17(13-21-11-15-7-3-1-4-8-15)18(20)14-22-12-16-9-5-2-6-10-16/h1-10,17-18,20H,11-14H2/t17-,18-/m1/s1. The summed E-state index contributed by atoms with van der Waals surface area (Å²) in [6.07, 6.45) is -0.749. The number of ether oxygens (including phenoxy) is 2. The number of hydrogen-bond acceptors (Lipinski definition) is 3. The van der Waals surface area contributed by atoms with Crippen LogP contribution in [0.4, 0.5) is 0 Å². The van der Waals surface area contributed by atoms with Crippen LogP contribution in [-0.4, -0.2) is 29.8 Å². The predicted octanol–water partition coefficient (Wildman–Crippen LogP) is 3.39. The van der Waals surface area contributed by atoms with Gasteiger partial charge in [-0.25, -0.2) is 0 Å². The van der Waals surface area contributed by atoms with Gasteiger partial charge in [0.15, 0.2) is 0 Å². The molecule has 22 heavy (non-hydrogen) atoms. The third-order valence-electron chi connectivity index (χ3n) is 3.21. The molecular formula is C18H21ClO3. The van der Waals surface area contributed by atoms with E-state index >= 15 is 0 Å². The van der Waals surface area contributed by atoms with Crippen LogP contribution in [-0.2, 0) is 22.7 Å². The second-order valence-electron chi connectivity index (χ2n) is 5.08. The van der Waals surface area contributed by atoms with Gasteiger partial charge in [-0.15, -0.1) is 11.6 Å². The summed E-state index contributed by atoms with van der Waals surface area (Å²) >= 11 is 6.12. The van der Waals surface area contributed by atoms with Gasteiger partial charge in [-0.2, -0.15) is 0 Å². The van der Waals surface area contributed by atoms with Crippen molar-refractivity contribution in [3.05, 3.63) is 71.8 Å². The molecule has 118 valence electrons. The van der Waals surface area contributed by atoms with E-state index in [9.17, 15) is 5.11 Å². The van der Waals surface area contributed by atoms with Crippen LogP contribution < -0.4 is 0 Å². The van der Waals surface area contributed by atoms with Crippen molar-refractivity contribution >= 4 is 11.6 Å². The van der Waals surface area contributed by atoms with Crippen LogP contribution in [0.2, 0.25) is 0 Å². The van der Waals surface area contributed by atoms with E-state index in [1.54, 1.807) is 0 Å². The van der Waals surface area contributed by atoms with Crippen molar-refractivity contribution in [3.8, 4) is 0 Å². The van der Waals surface area contributed by atoms with Crippen molar-refractivity contribution in [1.82, 2.24) is 0 Å². The molecule has 2 aromatic rings. The average Bonchev–Trinajstić information content (AvgIpc) is 2.56. The summed E-state index contributed by atoms with van der Waals surface area (Å²) in [6.45, 7) is 1.43. The second-order valence-corrected chi connectivity index (χ2v) is 5.65. The molecule has 0 unspecified atom stereocenters. The minimum atomic E-state index is -0.749. The van der Waals surface area contributed by atoms with Crippen molar-refractivity contribution in [2.24, 2.45) is 0 Å². The summed E-state index contributed by atoms with van der Waals surface area (Å²) in [7, 11) is 0. The first-order valence-electron chi connectivity index (χ1n) is 7.31. The zero-order valence-electron chi connectivity index (χ0n) is 12.4. The van der Waals surface area contributed by atoms with E-state index in [4.69, 9.17) is 21.1 Å². The first-order valence-corrected chi connectivity index (χ1v) is 7.75. The summed E-state index contributed by atoms with van der Waals surface area (Å²) < 4.78 is 11.0. The highest BCUT2D eigenvalue weighted by Gasteiger charge is 2.17. The van der Waals surface area contributed by atoms with Gasteiger partial charge in [-0.05, 0) is 11.1 Å². The van der Waals surface area contributed by atoms with Gasteiger partial charge in [0.05, 0.1) is 37.9 Å². The van der Waals surface area contributed by atoms with Crippen LogP contribution in [0.3, 0.4) is 0 Å². The van der Waals surface area contributed by atoms with E-state index in [0.29, 0.717) is 13.2 Å². The molecule has 0 aromatic heterocycles. The number of aliphatic hydroxyl groups is 1. The van der Waals surface area contributed by atoms with Crippen LogP contribution in [0.25, 0.3) is 0 Å². The Labute approximate surface area is 136 Å². The lowest BCUT2D eigenvalue weighted by atomic mass is 10.2. The van der Waals surface area contributed by atoms with E-state index in [1.807, 2.05) is 60.7 Å². The molecule has 0 bridgehead atoms. The number of alkyl halides is 1. The van der Waals surface area contributed by atoms with Gasteiger partial charge in [-0.1, -0.05) is 60.7 Å². The fourth-order valence-electron chi connectivity index (χ4n) is 1.95. The minimum Gasteiger partial charge on any atom is -0.389 e. The molecule has 0 fully saturated rings. The summed E-state index contributed by atoms with van der Waals surface area (Å²) in [4.78, 5) is 0. The van der Waals surface area contributed by atoms with Crippen LogP contribution >= 0.6 is 11.6 Å². The fourth-order valence-corrected chi connectivity index (χ4v) is 2.11. The quantitative estimate of drug-likeness (QED) is 0.720. The third-order valence-corrected chi connectivity index (χ3v) is 3.62. The molecule has 2 aromatic carbocycles. The Bertz CT molecular complexity index is 469. The largest absolute Gasteiger partial charge is 0.389 e. The molecule has 0 radical (unpaired) electrons. The van der Waals surface area contributed by atoms with Crippen LogP contribution in [0.1, 0.15) is 11.1 Å². The zero-order chi connectivity index (χ0) is 15.6. The molecule has 0 saturated heterocycles. The Morgan fingerprint density at radius 1 is 0.773 bits per heavy atom. The highest BCUT2D eigenvalue weighted by atomic mass is 35.5. The van der Waals surface area contributed by atoms with Gasteiger partial charge < -0.3 is 14.6 Å². The average molecular weight is 321 g/mol. The highest BCUT2D eigenvalue weighted by molar-refractivity contribution is 6.21. The maximum absolute atomic E-state index is 9.96. The Balaban J connectivity index is 1.61. The lowest BCUT2D eigenvalue weighted by Crippen LogP contribution is -2.30. The Morgan fingerprint density at radius 2 is 1.23 bits per heavy atom. The van der Waals surface area contributed by atoms with E-state index in [1.165, 1.54) is 0 Å². The fraction of sp³-hybridized carbons (Fsp3) is 0.333. The molecule has 1 N–H and O–H groups in total. The van der Waals surface area contributed by atoms with Gasteiger partial charge >= 0.3 is 0 Å². The van der Waals surface area contributed by atoms with Crippen LogP contribution in [0.5, 0.6) is 0 Å². The molecule has 2 rings (SSSR count). The summed E-state index contributed by atoms with van der Waals surface area (Å²) in [5, 5.41) is 9.47. The monoisotopic (exact) mass is 320 g/mol. The predicted molar refractivity (Wildman–Crippen MR) is 87.8 cm³/mol. The van der Waals surface area contributed by atoms with E-state index in [0.717, 1.165) is 11.1 Å². The highest BCUT2D eigenvalue weighted by Crippen LogP contribution is 2.09. The first kappa shape index (κ1) is 17.0. The summed E-state index contributed by atoms with van der Waals surface area (Å²) in [6, 6.07) is 19.7. The Hall–Kier alpha value is -1.39. The smallest absolute Gasteiger partial charge is 0.0959 e. The van der Waals surface area contributed by atoms with Crippen molar-refractivity contribution in [3.63, 3.8) is 0 Å². The number of hydrogen-bond donors (Lipinski definition) is 1. The Kier molecular flexibility index (Phi) is 7.40. The molecule has 0 aliphatic heterocycles. The topological polar surface area (TPSA) is 38.7 Å². The Morgan fingerprint density at radius 3 is 1.73 bits per heavy atom. The molecule has 0 amide bonds. The molecule has 0 heterocycles. The van der Waals surface area contributed by atoms with Crippen LogP contribution in [0.15, 0.2) is 60.7 Å². The number of benzene rings is 2. The van der Waals surface area contributed by atoms with Crippen molar-refractivity contribution in [1.29, 1.82) is 0 Å². The molecule has 4 heteroatoms. The lowest BCUT2D eigenvalue weighted by Gasteiger charge is -2.17. The molecule has 0 aliphatic carbocycles. The SMILES string of the molecule is O[C@H](COCc1ccccc1)[C@H](Cl)COCc1ccccc1. The maximum atomic E-state index is 9.96.